The fraction of sp³-hybridized carbons (Fsp3) is 0.333. The summed E-state index contributed by atoms with van der Waals surface area (Å²) in [5, 5.41) is 17.4. The lowest BCUT2D eigenvalue weighted by atomic mass is 9.88. The molecule has 0 fully saturated rings. The molecule has 1 aromatic rings. The van der Waals surface area contributed by atoms with E-state index in [0.717, 1.165) is 0 Å². The lowest BCUT2D eigenvalue weighted by Gasteiger charge is -2.13. The summed E-state index contributed by atoms with van der Waals surface area (Å²) < 4.78 is 4.97. The van der Waals surface area contributed by atoms with Crippen LogP contribution in [0.15, 0.2) is 22.8 Å². The molecule has 4 nitrogen and oxygen atoms in total. The molecule has 0 bridgehead atoms. The number of carboxylic acid groups (broad SMARTS) is 1. The van der Waals surface area contributed by atoms with Gasteiger partial charge in [0.1, 0.15) is 5.76 Å². The first-order valence-corrected chi connectivity index (χ1v) is 3.75. The highest BCUT2D eigenvalue weighted by atomic mass is 16.4. The van der Waals surface area contributed by atoms with Gasteiger partial charge in [0.05, 0.1) is 12.3 Å². The van der Waals surface area contributed by atoms with Crippen molar-refractivity contribution >= 4 is 5.97 Å². The van der Waals surface area contributed by atoms with E-state index in [0.29, 0.717) is 5.76 Å². The molecular weight excluding hydrogens is 170 g/mol. The van der Waals surface area contributed by atoms with Gasteiger partial charge >= 0.3 is 5.97 Å². The van der Waals surface area contributed by atoms with E-state index in [2.05, 4.69) is 0 Å². The molecule has 68 valence electrons. The van der Waals surface area contributed by atoms with Crippen LogP contribution in [-0.4, -0.2) is 11.1 Å². The van der Waals surface area contributed by atoms with E-state index in [9.17, 15) is 4.79 Å². The topological polar surface area (TPSA) is 74.2 Å². The number of carboxylic acids is 1. The molecule has 0 aliphatic carbocycles. The van der Waals surface area contributed by atoms with Crippen molar-refractivity contribution in [1.82, 2.24) is 0 Å². The largest absolute Gasteiger partial charge is 0.480 e. The van der Waals surface area contributed by atoms with Gasteiger partial charge in [0.25, 0.3) is 0 Å². The van der Waals surface area contributed by atoms with Crippen molar-refractivity contribution < 1.29 is 14.3 Å². The molecule has 0 aliphatic heterocycles. The van der Waals surface area contributed by atoms with Crippen LogP contribution in [0.1, 0.15) is 12.7 Å². The number of rotatable bonds is 3. The normalized spacial score (nSPS) is 14.5. The summed E-state index contributed by atoms with van der Waals surface area (Å²) in [6.45, 7) is 1.37. The molecule has 1 N–H and O–H groups in total. The fourth-order valence-corrected chi connectivity index (χ4v) is 0.925. The van der Waals surface area contributed by atoms with Gasteiger partial charge < -0.3 is 9.52 Å². The number of nitriles is 1. The van der Waals surface area contributed by atoms with Crippen molar-refractivity contribution in [3.63, 3.8) is 0 Å². The first-order valence-electron chi connectivity index (χ1n) is 3.75. The Morgan fingerprint density at radius 2 is 2.54 bits per heavy atom. The maximum atomic E-state index is 10.7. The fourth-order valence-electron chi connectivity index (χ4n) is 0.925. The summed E-state index contributed by atoms with van der Waals surface area (Å²) in [6.07, 6.45) is 1.54. The van der Waals surface area contributed by atoms with E-state index in [-0.39, 0.29) is 6.42 Å². The van der Waals surface area contributed by atoms with Crippen LogP contribution in [0.4, 0.5) is 0 Å². The summed E-state index contributed by atoms with van der Waals surface area (Å²) >= 11 is 0. The van der Waals surface area contributed by atoms with Crippen molar-refractivity contribution in [3.05, 3.63) is 24.2 Å². The van der Waals surface area contributed by atoms with Gasteiger partial charge in [-0.1, -0.05) is 0 Å². The predicted molar refractivity (Wildman–Crippen MR) is 43.8 cm³/mol. The molecule has 1 atom stereocenters. The van der Waals surface area contributed by atoms with Crippen LogP contribution >= 0.6 is 0 Å². The van der Waals surface area contributed by atoms with Gasteiger partial charge in [-0.05, 0) is 19.1 Å². The molecule has 0 aromatic carbocycles. The molecule has 0 spiro atoms. The molecule has 1 unspecified atom stereocenters. The van der Waals surface area contributed by atoms with E-state index in [1.165, 1.54) is 13.2 Å². The van der Waals surface area contributed by atoms with Crippen LogP contribution in [0.3, 0.4) is 0 Å². The van der Waals surface area contributed by atoms with Crippen molar-refractivity contribution in [2.45, 2.75) is 13.3 Å². The third kappa shape index (κ3) is 1.88. The van der Waals surface area contributed by atoms with E-state index in [4.69, 9.17) is 14.8 Å². The minimum Gasteiger partial charge on any atom is -0.480 e. The lowest BCUT2D eigenvalue weighted by Crippen LogP contribution is -2.27. The van der Waals surface area contributed by atoms with Crippen molar-refractivity contribution in [1.29, 1.82) is 5.26 Å². The van der Waals surface area contributed by atoms with Gasteiger partial charge in [0.2, 0.25) is 0 Å². The van der Waals surface area contributed by atoms with E-state index in [1.54, 1.807) is 18.2 Å². The minimum absolute atomic E-state index is 0.0891. The second-order valence-electron chi connectivity index (χ2n) is 3.01. The molecular formula is C9H9NO3. The molecule has 13 heavy (non-hydrogen) atoms. The summed E-state index contributed by atoms with van der Waals surface area (Å²) in [6, 6.07) is 5.07. The smallest absolute Gasteiger partial charge is 0.324 e. The molecule has 0 saturated heterocycles. The van der Waals surface area contributed by atoms with Gasteiger partial charge in [-0.2, -0.15) is 5.26 Å². The molecule has 0 amide bonds. The Hall–Kier alpha value is -1.76. The van der Waals surface area contributed by atoms with E-state index >= 15 is 0 Å². The SMILES string of the molecule is CC(C#N)(Cc1ccco1)C(=O)O. The van der Waals surface area contributed by atoms with Gasteiger partial charge in [-0.25, -0.2) is 0 Å². The molecule has 1 aromatic heterocycles. The monoisotopic (exact) mass is 179 g/mol. The zero-order valence-corrected chi connectivity index (χ0v) is 7.15. The zero-order valence-electron chi connectivity index (χ0n) is 7.15. The third-order valence-corrected chi connectivity index (χ3v) is 1.83. The minimum atomic E-state index is -1.40. The second kappa shape index (κ2) is 3.31. The Bertz CT molecular complexity index is 336. The number of furan rings is 1. The Kier molecular flexibility index (Phi) is 2.38. The van der Waals surface area contributed by atoms with Crippen molar-refractivity contribution in [2.75, 3.05) is 0 Å². The van der Waals surface area contributed by atoms with Crippen molar-refractivity contribution in [3.8, 4) is 6.07 Å². The number of carbonyl (C=O) groups is 1. The average molecular weight is 179 g/mol. The number of nitrogens with zero attached hydrogens (tertiary/aromatic N) is 1. The zero-order chi connectivity index (χ0) is 9.90. The van der Waals surface area contributed by atoms with Crippen LogP contribution in [0, 0.1) is 16.7 Å². The van der Waals surface area contributed by atoms with Crippen LogP contribution < -0.4 is 0 Å². The average Bonchev–Trinajstić information content (AvgIpc) is 2.56. The van der Waals surface area contributed by atoms with E-state index < -0.39 is 11.4 Å². The molecule has 1 heterocycles. The highest BCUT2D eigenvalue weighted by Gasteiger charge is 2.34. The first-order chi connectivity index (χ1) is 6.08. The maximum Gasteiger partial charge on any atom is 0.324 e. The van der Waals surface area contributed by atoms with Crippen molar-refractivity contribution in [2.24, 2.45) is 5.41 Å². The molecule has 0 aliphatic rings. The van der Waals surface area contributed by atoms with E-state index in [1.807, 2.05) is 0 Å². The van der Waals surface area contributed by atoms with Gasteiger partial charge in [-0.15, -0.1) is 0 Å². The quantitative estimate of drug-likeness (QED) is 0.761. The first kappa shape index (κ1) is 9.33. The summed E-state index contributed by atoms with van der Waals surface area (Å²) in [5.74, 6) is -0.627. The highest BCUT2D eigenvalue weighted by Crippen LogP contribution is 2.21. The maximum absolute atomic E-state index is 10.7. The summed E-state index contributed by atoms with van der Waals surface area (Å²) in [4.78, 5) is 10.7. The Labute approximate surface area is 75.4 Å². The number of hydrogen-bond acceptors (Lipinski definition) is 3. The molecule has 0 saturated carbocycles. The predicted octanol–water partition coefficient (Wildman–Crippen LogP) is 1.44. The van der Waals surface area contributed by atoms with Crippen LogP contribution in [0.25, 0.3) is 0 Å². The summed E-state index contributed by atoms with van der Waals surface area (Å²) in [7, 11) is 0. The third-order valence-electron chi connectivity index (χ3n) is 1.83. The second-order valence-corrected chi connectivity index (χ2v) is 3.01. The Balaban J connectivity index is 2.83. The van der Waals surface area contributed by atoms with Gasteiger partial charge in [0.15, 0.2) is 5.41 Å². The van der Waals surface area contributed by atoms with Crippen LogP contribution in [0.2, 0.25) is 0 Å². The molecule has 0 radical (unpaired) electrons. The van der Waals surface area contributed by atoms with Gasteiger partial charge in [-0.3, -0.25) is 4.79 Å². The number of aliphatic carboxylic acids is 1. The molecule has 1 rings (SSSR count). The standard InChI is InChI=1S/C9H9NO3/c1-9(6-10,8(11)12)5-7-3-2-4-13-7/h2-4H,5H2,1H3,(H,11,12). The van der Waals surface area contributed by atoms with Crippen LogP contribution in [0.5, 0.6) is 0 Å². The lowest BCUT2D eigenvalue weighted by molar-refractivity contribution is -0.144. The summed E-state index contributed by atoms with van der Waals surface area (Å²) in [5.41, 5.74) is -1.40. The van der Waals surface area contributed by atoms with Crippen LogP contribution in [-0.2, 0) is 11.2 Å². The Morgan fingerprint density at radius 3 is 2.92 bits per heavy atom. The number of hydrogen-bond donors (Lipinski definition) is 1. The Morgan fingerprint density at radius 1 is 1.85 bits per heavy atom. The molecule has 4 heteroatoms. The highest BCUT2D eigenvalue weighted by molar-refractivity contribution is 5.77. The van der Waals surface area contributed by atoms with Gasteiger partial charge in [0, 0.05) is 6.42 Å².